The average molecular weight is 402 g/mol. The Kier molecular flexibility index (Phi) is 6.43. The van der Waals surface area contributed by atoms with Crippen LogP contribution in [-0.2, 0) is 20.9 Å². The molecule has 0 bridgehead atoms. The summed E-state index contributed by atoms with van der Waals surface area (Å²) in [6, 6.07) is 8.16. The largest absolute Gasteiger partial charge is 0.451 e. The quantitative estimate of drug-likeness (QED) is 0.694. The molecule has 3 amide bonds. The lowest BCUT2D eigenvalue weighted by Crippen LogP contribution is -2.47. The predicted octanol–water partition coefficient (Wildman–Crippen LogP) is 1.20. The number of rotatable bonds is 6. The number of nitrogens with zero attached hydrogens (tertiary/aromatic N) is 2. The molecule has 0 saturated heterocycles. The van der Waals surface area contributed by atoms with Crippen LogP contribution in [0.1, 0.15) is 32.6 Å². The fourth-order valence-electron chi connectivity index (χ4n) is 3.02. The maximum Gasteiger partial charge on any atom is 0.437 e. The monoisotopic (exact) mass is 402 g/mol. The van der Waals surface area contributed by atoms with E-state index in [1.54, 1.807) is 30.3 Å². The number of amides is 3. The summed E-state index contributed by atoms with van der Waals surface area (Å²) in [6.45, 7) is 0.804. The molecule has 2 N–H and O–H groups in total. The molecule has 10 heteroatoms. The molecular weight excluding hydrogens is 380 g/mol. The van der Waals surface area contributed by atoms with E-state index in [0.29, 0.717) is 5.56 Å². The number of benzene rings is 1. The summed E-state index contributed by atoms with van der Waals surface area (Å²) in [4.78, 5) is 47.8. The molecule has 0 spiro atoms. The number of ether oxygens (including phenoxy) is 1. The third-order valence-corrected chi connectivity index (χ3v) is 4.51. The molecule has 1 heterocycles. The summed E-state index contributed by atoms with van der Waals surface area (Å²) in [5, 5.41) is 8.80. The van der Waals surface area contributed by atoms with E-state index in [4.69, 9.17) is 9.15 Å². The third kappa shape index (κ3) is 5.53. The zero-order valence-corrected chi connectivity index (χ0v) is 15.9. The molecule has 1 aromatic heterocycles. The first-order valence-corrected chi connectivity index (χ1v) is 9.36. The summed E-state index contributed by atoms with van der Waals surface area (Å²) in [6.07, 6.45) is 2.63. The summed E-state index contributed by atoms with van der Waals surface area (Å²) in [7, 11) is 0. The number of imide groups is 1. The van der Waals surface area contributed by atoms with Gasteiger partial charge >= 0.3 is 17.8 Å². The highest BCUT2D eigenvalue weighted by molar-refractivity contribution is 5.97. The van der Waals surface area contributed by atoms with Gasteiger partial charge in [-0.15, -0.1) is 5.10 Å². The topological polar surface area (TPSA) is 133 Å². The minimum absolute atomic E-state index is 0.0542. The van der Waals surface area contributed by atoms with Gasteiger partial charge in [0.25, 0.3) is 5.91 Å². The van der Waals surface area contributed by atoms with Crippen molar-refractivity contribution in [1.82, 2.24) is 20.4 Å². The van der Waals surface area contributed by atoms with Crippen molar-refractivity contribution in [2.45, 2.75) is 51.3 Å². The fraction of sp³-hybridized carbons (Fsp3) is 0.421. The Bertz CT molecular complexity index is 930. The molecule has 1 unspecified atom stereocenters. The molecule has 3 rings (SSSR count). The summed E-state index contributed by atoms with van der Waals surface area (Å²) in [5.74, 6) is -2.38. The van der Waals surface area contributed by atoms with Gasteiger partial charge in [-0.05, 0) is 31.9 Å². The van der Waals surface area contributed by atoms with E-state index in [9.17, 15) is 19.2 Å². The Morgan fingerprint density at radius 2 is 1.93 bits per heavy atom. The highest BCUT2D eigenvalue weighted by Gasteiger charge is 2.23. The third-order valence-electron chi connectivity index (χ3n) is 4.51. The predicted molar refractivity (Wildman–Crippen MR) is 101 cm³/mol. The van der Waals surface area contributed by atoms with Gasteiger partial charge in [-0.3, -0.25) is 14.9 Å². The molecule has 1 saturated carbocycles. The maximum absolute atomic E-state index is 12.0. The number of aromatic nitrogens is 2. The highest BCUT2D eigenvalue weighted by Crippen LogP contribution is 2.17. The van der Waals surface area contributed by atoms with Gasteiger partial charge in [0.1, 0.15) is 6.54 Å². The number of carbonyl (C=O) groups is 3. The Balaban J connectivity index is 1.51. The Morgan fingerprint density at radius 3 is 2.62 bits per heavy atom. The zero-order valence-electron chi connectivity index (χ0n) is 15.9. The van der Waals surface area contributed by atoms with E-state index in [1.165, 1.54) is 6.92 Å². The van der Waals surface area contributed by atoms with Crippen LogP contribution in [0.2, 0.25) is 0 Å². The molecular formula is C19H22N4O6. The van der Waals surface area contributed by atoms with Crippen LogP contribution in [0, 0.1) is 0 Å². The van der Waals surface area contributed by atoms with Crippen molar-refractivity contribution in [3.8, 4) is 11.5 Å². The van der Waals surface area contributed by atoms with Gasteiger partial charge in [0.15, 0.2) is 6.10 Å². The molecule has 1 aromatic carbocycles. The van der Waals surface area contributed by atoms with Crippen molar-refractivity contribution < 1.29 is 23.5 Å². The number of urea groups is 1. The van der Waals surface area contributed by atoms with E-state index in [0.717, 1.165) is 30.4 Å². The first-order valence-electron chi connectivity index (χ1n) is 9.36. The molecule has 1 fully saturated rings. The average Bonchev–Trinajstić information content (AvgIpc) is 3.32. The molecule has 0 radical (unpaired) electrons. The van der Waals surface area contributed by atoms with E-state index in [2.05, 4.69) is 15.7 Å². The summed E-state index contributed by atoms with van der Waals surface area (Å²) < 4.78 is 10.8. The van der Waals surface area contributed by atoms with Gasteiger partial charge < -0.3 is 14.5 Å². The number of esters is 1. The van der Waals surface area contributed by atoms with Crippen LogP contribution >= 0.6 is 0 Å². The van der Waals surface area contributed by atoms with Crippen LogP contribution in [0.4, 0.5) is 4.79 Å². The van der Waals surface area contributed by atoms with Crippen LogP contribution in [-0.4, -0.2) is 39.8 Å². The van der Waals surface area contributed by atoms with Crippen LogP contribution in [0.3, 0.4) is 0 Å². The van der Waals surface area contributed by atoms with Crippen LogP contribution < -0.4 is 16.4 Å². The molecule has 10 nitrogen and oxygen atoms in total. The van der Waals surface area contributed by atoms with E-state index in [-0.39, 0.29) is 11.9 Å². The molecule has 1 aliphatic carbocycles. The van der Waals surface area contributed by atoms with Crippen molar-refractivity contribution in [3.05, 3.63) is 40.9 Å². The van der Waals surface area contributed by atoms with Gasteiger partial charge in [0, 0.05) is 11.6 Å². The fourth-order valence-corrected chi connectivity index (χ4v) is 3.02. The number of carbonyl (C=O) groups excluding carboxylic acids is 3. The molecule has 0 aliphatic heterocycles. The smallest absolute Gasteiger partial charge is 0.437 e. The normalized spacial score (nSPS) is 14.9. The maximum atomic E-state index is 12.0. The van der Waals surface area contributed by atoms with Crippen molar-refractivity contribution in [3.63, 3.8) is 0 Å². The molecule has 2 aromatic rings. The lowest BCUT2D eigenvalue weighted by atomic mass is 10.2. The van der Waals surface area contributed by atoms with E-state index >= 15 is 0 Å². The second kappa shape index (κ2) is 9.18. The van der Waals surface area contributed by atoms with Crippen LogP contribution in [0.5, 0.6) is 0 Å². The minimum atomic E-state index is -1.21. The van der Waals surface area contributed by atoms with Gasteiger partial charge in [-0.25, -0.2) is 9.59 Å². The number of hydrogen-bond donors (Lipinski definition) is 2. The van der Waals surface area contributed by atoms with E-state index < -0.39 is 36.3 Å². The first kappa shape index (κ1) is 20.3. The van der Waals surface area contributed by atoms with E-state index in [1.807, 2.05) is 0 Å². The SMILES string of the molecule is CC(OC(=O)Cn1nc(-c2ccccc2)oc1=O)C(=O)NC(=O)NC1CCCC1. The van der Waals surface area contributed by atoms with Crippen molar-refractivity contribution in [1.29, 1.82) is 0 Å². The van der Waals surface area contributed by atoms with Crippen LogP contribution in [0.25, 0.3) is 11.5 Å². The number of nitrogens with one attached hydrogen (secondary N) is 2. The second-order valence-electron chi connectivity index (χ2n) is 6.77. The van der Waals surface area contributed by atoms with Gasteiger partial charge in [0.05, 0.1) is 0 Å². The standard InChI is InChI=1S/C19H22N4O6/c1-12(16(25)21-18(26)20-14-9-5-6-10-14)28-15(24)11-23-19(27)29-17(22-23)13-7-3-2-4-8-13/h2-4,7-8,12,14H,5-6,9-11H2,1H3,(H2,20,21,25,26). The van der Waals surface area contributed by atoms with Gasteiger partial charge in [-0.2, -0.15) is 4.68 Å². The summed E-state index contributed by atoms with van der Waals surface area (Å²) >= 11 is 0. The highest BCUT2D eigenvalue weighted by atomic mass is 16.5. The Labute approximate surface area is 166 Å². The first-order chi connectivity index (χ1) is 13.9. The van der Waals surface area contributed by atoms with Crippen molar-refractivity contribution in [2.75, 3.05) is 0 Å². The lowest BCUT2D eigenvalue weighted by molar-refractivity contribution is -0.155. The van der Waals surface area contributed by atoms with Crippen molar-refractivity contribution in [2.24, 2.45) is 0 Å². The zero-order chi connectivity index (χ0) is 20.8. The lowest BCUT2D eigenvalue weighted by Gasteiger charge is -2.15. The molecule has 29 heavy (non-hydrogen) atoms. The van der Waals surface area contributed by atoms with Gasteiger partial charge in [0.2, 0.25) is 5.89 Å². The molecule has 1 atom stereocenters. The van der Waals surface area contributed by atoms with Crippen LogP contribution in [0.15, 0.2) is 39.5 Å². The second-order valence-corrected chi connectivity index (χ2v) is 6.77. The Hall–Kier alpha value is -3.43. The van der Waals surface area contributed by atoms with Crippen molar-refractivity contribution >= 4 is 17.9 Å². The molecule has 1 aliphatic rings. The minimum Gasteiger partial charge on any atom is -0.451 e. The summed E-state index contributed by atoms with van der Waals surface area (Å²) in [5.41, 5.74) is 0.581. The molecule has 154 valence electrons. The number of hydrogen-bond acceptors (Lipinski definition) is 7. The van der Waals surface area contributed by atoms with Gasteiger partial charge in [-0.1, -0.05) is 31.0 Å². The Morgan fingerprint density at radius 1 is 1.24 bits per heavy atom.